The Morgan fingerprint density at radius 2 is 2.30 bits per heavy atom. The molecule has 10 heavy (non-hydrogen) atoms. The lowest BCUT2D eigenvalue weighted by Gasteiger charge is -2.36. The minimum Gasteiger partial charge on any atom is -0.351 e. The average Bonchev–Trinajstić information content (AvgIpc) is 1.84. The third-order valence-electron chi connectivity index (χ3n) is 1.75. The number of amides is 1. The number of likely N-dealkylation sites (tertiary alicyclic amines) is 1. The first-order valence-corrected chi connectivity index (χ1v) is 3.70. The first-order valence-electron chi connectivity index (χ1n) is 3.70. The Bertz CT molecular complexity index is 130. The van der Waals surface area contributed by atoms with Crippen LogP contribution in [0.1, 0.15) is 13.3 Å². The fraction of sp³-hybridized carbons (Fsp3) is 0.857. The molecule has 1 N–H and O–H groups in total. The van der Waals surface area contributed by atoms with E-state index in [1.54, 1.807) is 0 Å². The quantitative estimate of drug-likeness (QED) is 0.580. The number of nitrogens with one attached hydrogen (secondary N) is 1. The molecule has 0 spiro atoms. The van der Waals surface area contributed by atoms with Crippen molar-refractivity contribution in [3.8, 4) is 0 Å². The highest BCUT2D eigenvalue weighted by Crippen LogP contribution is 2.02. The zero-order chi connectivity index (χ0) is 7.56. The van der Waals surface area contributed by atoms with Gasteiger partial charge in [0.1, 0.15) is 0 Å². The molecule has 0 unspecified atom stereocenters. The fourth-order valence-corrected chi connectivity index (χ4v) is 1.12. The maximum atomic E-state index is 10.8. The van der Waals surface area contributed by atoms with Crippen LogP contribution in [-0.4, -0.2) is 37.0 Å². The molecular formula is C7H14N2O. The molecule has 0 aliphatic carbocycles. The van der Waals surface area contributed by atoms with Crippen molar-refractivity contribution in [1.82, 2.24) is 10.2 Å². The molecule has 1 fully saturated rings. The first-order chi connectivity index (χ1) is 4.72. The van der Waals surface area contributed by atoms with Gasteiger partial charge in [0.15, 0.2) is 0 Å². The van der Waals surface area contributed by atoms with Crippen LogP contribution in [0.2, 0.25) is 0 Å². The average molecular weight is 142 g/mol. The van der Waals surface area contributed by atoms with E-state index in [4.69, 9.17) is 0 Å². The van der Waals surface area contributed by atoms with Crippen LogP contribution in [0.25, 0.3) is 0 Å². The smallest absolute Gasteiger partial charge is 0.220 e. The lowest BCUT2D eigenvalue weighted by atomic mass is 10.1. The maximum Gasteiger partial charge on any atom is 0.220 e. The molecule has 1 amide bonds. The van der Waals surface area contributed by atoms with Crippen molar-refractivity contribution in [2.24, 2.45) is 0 Å². The second kappa shape index (κ2) is 3.01. The van der Waals surface area contributed by atoms with Gasteiger partial charge in [-0.2, -0.15) is 0 Å². The van der Waals surface area contributed by atoms with Crippen LogP contribution >= 0.6 is 0 Å². The molecule has 0 bridgehead atoms. The maximum absolute atomic E-state index is 10.8. The molecule has 3 nitrogen and oxygen atoms in total. The van der Waals surface area contributed by atoms with Gasteiger partial charge in [-0.15, -0.1) is 0 Å². The topological polar surface area (TPSA) is 32.3 Å². The predicted molar refractivity (Wildman–Crippen MR) is 39.7 cm³/mol. The van der Waals surface area contributed by atoms with Crippen molar-refractivity contribution < 1.29 is 4.79 Å². The number of likely N-dealkylation sites (N-methyl/N-ethyl adjacent to an activating group) is 1. The van der Waals surface area contributed by atoms with Crippen molar-refractivity contribution in [1.29, 1.82) is 0 Å². The van der Waals surface area contributed by atoms with E-state index in [0.29, 0.717) is 12.5 Å². The molecule has 0 aromatic rings. The molecule has 1 aliphatic heterocycles. The summed E-state index contributed by atoms with van der Waals surface area (Å²) in [5.41, 5.74) is 0. The summed E-state index contributed by atoms with van der Waals surface area (Å²) in [7, 11) is 2.05. The van der Waals surface area contributed by atoms with Gasteiger partial charge in [0, 0.05) is 19.5 Å². The van der Waals surface area contributed by atoms with Gasteiger partial charge in [0.25, 0.3) is 0 Å². The summed E-state index contributed by atoms with van der Waals surface area (Å²) < 4.78 is 0. The van der Waals surface area contributed by atoms with Gasteiger partial charge in [-0.05, 0) is 7.05 Å². The van der Waals surface area contributed by atoms with E-state index in [1.807, 2.05) is 6.92 Å². The van der Waals surface area contributed by atoms with Crippen LogP contribution in [0.5, 0.6) is 0 Å². The van der Waals surface area contributed by atoms with Gasteiger partial charge in [0.2, 0.25) is 5.91 Å². The van der Waals surface area contributed by atoms with E-state index in [2.05, 4.69) is 17.3 Å². The second-order valence-electron chi connectivity index (χ2n) is 2.84. The molecule has 58 valence electrons. The van der Waals surface area contributed by atoms with Crippen LogP contribution in [-0.2, 0) is 4.79 Å². The third kappa shape index (κ3) is 1.70. The van der Waals surface area contributed by atoms with Gasteiger partial charge in [-0.25, -0.2) is 0 Å². The summed E-state index contributed by atoms with van der Waals surface area (Å²) >= 11 is 0. The molecule has 0 radical (unpaired) electrons. The summed E-state index contributed by atoms with van der Waals surface area (Å²) in [6.45, 7) is 3.88. The predicted octanol–water partition coefficient (Wildman–Crippen LogP) is -0.173. The number of carbonyl (C=O) groups is 1. The van der Waals surface area contributed by atoms with Crippen molar-refractivity contribution in [3.63, 3.8) is 0 Å². The molecule has 1 aliphatic rings. The van der Waals surface area contributed by atoms with E-state index < -0.39 is 0 Å². The molecule has 1 heterocycles. The van der Waals surface area contributed by atoms with Gasteiger partial charge < -0.3 is 10.2 Å². The SMILES string of the molecule is CCC(=O)NC1CN(C)C1. The first kappa shape index (κ1) is 7.54. The van der Waals surface area contributed by atoms with E-state index in [9.17, 15) is 4.79 Å². The molecule has 3 heteroatoms. The highest BCUT2D eigenvalue weighted by atomic mass is 16.1. The van der Waals surface area contributed by atoms with Crippen LogP contribution in [0.3, 0.4) is 0 Å². The molecule has 0 atom stereocenters. The Morgan fingerprint density at radius 1 is 1.70 bits per heavy atom. The summed E-state index contributed by atoms with van der Waals surface area (Å²) in [5.74, 6) is 0.165. The standard InChI is InChI=1S/C7H14N2O/c1-3-7(10)8-6-4-9(2)5-6/h6H,3-5H2,1-2H3,(H,8,10). The number of hydrogen-bond donors (Lipinski definition) is 1. The van der Waals surface area contributed by atoms with Gasteiger partial charge >= 0.3 is 0 Å². The van der Waals surface area contributed by atoms with Crippen LogP contribution in [0.4, 0.5) is 0 Å². The Labute approximate surface area is 61.4 Å². The molecule has 0 saturated carbocycles. The Balaban J connectivity index is 2.10. The van der Waals surface area contributed by atoms with Gasteiger partial charge in [-0.1, -0.05) is 6.92 Å². The van der Waals surface area contributed by atoms with Crippen molar-refractivity contribution >= 4 is 5.91 Å². The molecule has 0 aromatic carbocycles. The summed E-state index contributed by atoms with van der Waals surface area (Å²) in [6, 6.07) is 0.414. The van der Waals surface area contributed by atoms with Gasteiger partial charge in [-0.3, -0.25) is 4.79 Å². The summed E-state index contributed by atoms with van der Waals surface area (Å²) in [4.78, 5) is 13.0. The van der Waals surface area contributed by atoms with Crippen molar-refractivity contribution in [3.05, 3.63) is 0 Å². The van der Waals surface area contributed by atoms with Crippen molar-refractivity contribution in [2.75, 3.05) is 20.1 Å². The normalized spacial score (nSPS) is 20.2. The number of rotatable bonds is 2. The highest BCUT2D eigenvalue weighted by molar-refractivity contribution is 5.75. The lowest BCUT2D eigenvalue weighted by Crippen LogP contribution is -2.57. The lowest BCUT2D eigenvalue weighted by molar-refractivity contribution is -0.122. The van der Waals surface area contributed by atoms with Crippen LogP contribution < -0.4 is 5.32 Å². The Kier molecular flexibility index (Phi) is 2.27. The zero-order valence-corrected chi connectivity index (χ0v) is 6.55. The van der Waals surface area contributed by atoms with Crippen LogP contribution in [0, 0.1) is 0 Å². The Hall–Kier alpha value is -0.570. The monoisotopic (exact) mass is 142 g/mol. The summed E-state index contributed by atoms with van der Waals surface area (Å²) in [5, 5.41) is 2.92. The largest absolute Gasteiger partial charge is 0.351 e. The highest BCUT2D eigenvalue weighted by Gasteiger charge is 2.23. The van der Waals surface area contributed by atoms with E-state index in [0.717, 1.165) is 13.1 Å². The zero-order valence-electron chi connectivity index (χ0n) is 6.55. The van der Waals surface area contributed by atoms with E-state index >= 15 is 0 Å². The van der Waals surface area contributed by atoms with E-state index in [1.165, 1.54) is 0 Å². The Morgan fingerprint density at radius 3 is 2.70 bits per heavy atom. The molecule has 1 saturated heterocycles. The third-order valence-corrected chi connectivity index (χ3v) is 1.75. The number of hydrogen-bond acceptors (Lipinski definition) is 2. The fourth-order valence-electron chi connectivity index (χ4n) is 1.12. The molecular weight excluding hydrogens is 128 g/mol. The minimum atomic E-state index is 0.165. The van der Waals surface area contributed by atoms with Gasteiger partial charge in [0.05, 0.1) is 6.04 Å². The molecule has 1 rings (SSSR count). The van der Waals surface area contributed by atoms with E-state index in [-0.39, 0.29) is 5.91 Å². The van der Waals surface area contributed by atoms with Crippen LogP contribution in [0.15, 0.2) is 0 Å². The van der Waals surface area contributed by atoms with Crippen molar-refractivity contribution in [2.45, 2.75) is 19.4 Å². The minimum absolute atomic E-state index is 0.165. The number of carbonyl (C=O) groups excluding carboxylic acids is 1. The number of nitrogens with zero attached hydrogens (tertiary/aromatic N) is 1. The molecule has 0 aromatic heterocycles. The summed E-state index contributed by atoms with van der Waals surface area (Å²) in [6.07, 6.45) is 0.597. The second-order valence-corrected chi connectivity index (χ2v) is 2.84.